The maximum absolute atomic E-state index is 12.9. The first kappa shape index (κ1) is 10.2. The second kappa shape index (κ2) is 4.38. The van der Waals surface area contributed by atoms with Crippen LogP contribution in [0.15, 0.2) is 18.2 Å². The summed E-state index contributed by atoms with van der Waals surface area (Å²) in [6.07, 6.45) is 0.911. The standard InChI is InChI=1S/C11H15FO/c1-3-8-5-6-9(12)7-10(8)11(13)4-2/h5-7,11,13H,3-4H2,1-2H3. The van der Waals surface area contributed by atoms with E-state index in [0.29, 0.717) is 6.42 Å². The molecule has 1 nitrogen and oxygen atoms in total. The predicted octanol–water partition coefficient (Wildman–Crippen LogP) is 2.83. The van der Waals surface area contributed by atoms with Gasteiger partial charge in [-0.25, -0.2) is 4.39 Å². The van der Waals surface area contributed by atoms with Gasteiger partial charge in [-0.3, -0.25) is 0 Å². The van der Waals surface area contributed by atoms with Crippen LogP contribution >= 0.6 is 0 Å². The number of aryl methyl sites for hydroxylation is 1. The molecule has 0 aromatic heterocycles. The molecule has 1 atom stereocenters. The molecule has 0 saturated heterocycles. The van der Waals surface area contributed by atoms with Crippen molar-refractivity contribution in [2.45, 2.75) is 32.8 Å². The Bertz CT molecular complexity index is 283. The molecule has 2 heteroatoms. The molecule has 1 aromatic carbocycles. The third kappa shape index (κ3) is 2.28. The summed E-state index contributed by atoms with van der Waals surface area (Å²) < 4.78 is 12.9. The van der Waals surface area contributed by atoms with Crippen molar-refractivity contribution in [2.75, 3.05) is 0 Å². The second-order valence-electron chi connectivity index (χ2n) is 3.12. The van der Waals surface area contributed by atoms with Crippen LogP contribution in [0.25, 0.3) is 0 Å². The third-order valence-corrected chi connectivity index (χ3v) is 2.23. The molecule has 0 heterocycles. The molecule has 0 saturated carbocycles. The Morgan fingerprint density at radius 3 is 2.62 bits per heavy atom. The zero-order chi connectivity index (χ0) is 9.84. The molecule has 0 amide bonds. The molecule has 72 valence electrons. The smallest absolute Gasteiger partial charge is 0.123 e. The number of aliphatic hydroxyl groups excluding tert-OH is 1. The summed E-state index contributed by atoms with van der Waals surface area (Å²) in [4.78, 5) is 0. The van der Waals surface area contributed by atoms with Crippen LogP contribution in [0.1, 0.15) is 37.5 Å². The molecular weight excluding hydrogens is 167 g/mol. The minimum absolute atomic E-state index is 0.278. The van der Waals surface area contributed by atoms with E-state index < -0.39 is 6.10 Å². The lowest BCUT2D eigenvalue weighted by Gasteiger charge is -2.12. The van der Waals surface area contributed by atoms with Crippen LogP contribution < -0.4 is 0 Å². The van der Waals surface area contributed by atoms with Gasteiger partial charge in [0.25, 0.3) is 0 Å². The van der Waals surface area contributed by atoms with Crippen molar-refractivity contribution < 1.29 is 9.50 Å². The van der Waals surface area contributed by atoms with E-state index in [-0.39, 0.29) is 5.82 Å². The van der Waals surface area contributed by atoms with Gasteiger partial charge in [0, 0.05) is 0 Å². The van der Waals surface area contributed by atoms with Gasteiger partial charge in [0.1, 0.15) is 5.82 Å². The van der Waals surface area contributed by atoms with Gasteiger partial charge in [-0.1, -0.05) is 19.9 Å². The number of benzene rings is 1. The zero-order valence-electron chi connectivity index (χ0n) is 8.05. The average molecular weight is 182 g/mol. The fourth-order valence-corrected chi connectivity index (χ4v) is 1.42. The first-order chi connectivity index (χ1) is 6.19. The van der Waals surface area contributed by atoms with Crippen LogP contribution in [0, 0.1) is 5.82 Å². The topological polar surface area (TPSA) is 20.2 Å². The predicted molar refractivity (Wildman–Crippen MR) is 51.0 cm³/mol. The number of hydrogen-bond donors (Lipinski definition) is 1. The van der Waals surface area contributed by atoms with Gasteiger partial charge in [-0.2, -0.15) is 0 Å². The highest BCUT2D eigenvalue weighted by molar-refractivity contribution is 5.29. The highest BCUT2D eigenvalue weighted by Gasteiger charge is 2.10. The van der Waals surface area contributed by atoms with Crippen molar-refractivity contribution >= 4 is 0 Å². The Balaban J connectivity index is 3.07. The fraction of sp³-hybridized carbons (Fsp3) is 0.455. The minimum Gasteiger partial charge on any atom is -0.388 e. The lowest BCUT2D eigenvalue weighted by Crippen LogP contribution is -2.01. The normalized spacial score (nSPS) is 12.9. The average Bonchev–Trinajstić information content (AvgIpc) is 2.16. The molecule has 0 radical (unpaired) electrons. The highest BCUT2D eigenvalue weighted by Crippen LogP contribution is 2.22. The molecule has 0 bridgehead atoms. The Hall–Kier alpha value is -0.890. The number of aliphatic hydroxyl groups is 1. The summed E-state index contributed by atoms with van der Waals surface area (Å²) in [5.41, 5.74) is 1.75. The molecule has 1 N–H and O–H groups in total. The Morgan fingerprint density at radius 2 is 2.08 bits per heavy atom. The van der Waals surface area contributed by atoms with Crippen molar-refractivity contribution in [3.8, 4) is 0 Å². The summed E-state index contributed by atoms with van der Waals surface area (Å²) in [7, 11) is 0. The highest BCUT2D eigenvalue weighted by atomic mass is 19.1. The summed E-state index contributed by atoms with van der Waals surface area (Å²) in [5, 5.41) is 9.60. The Kier molecular flexibility index (Phi) is 3.43. The van der Waals surface area contributed by atoms with Crippen LogP contribution in [-0.2, 0) is 6.42 Å². The van der Waals surface area contributed by atoms with Crippen molar-refractivity contribution in [1.29, 1.82) is 0 Å². The summed E-state index contributed by atoms with van der Waals surface area (Å²) in [6.45, 7) is 3.88. The Labute approximate surface area is 78.2 Å². The van der Waals surface area contributed by atoms with Crippen LogP contribution in [0.3, 0.4) is 0 Å². The molecule has 0 fully saturated rings. The molecular formula is C11H15FO. The summed E-state index contributed by atoms with van der Waals surface area (Å²) in [6, 6.07) is 4.60. The van der Waals surface area contributed by atoms with Crippen LogP contribution in [0.5, 0.6) is 0 Å². The van der Waals surface area contributed by atoms with E-state index in [0.717, 1.165) is 17.5 Å². The van der Waals surface area contributed by atoms with Crippen LogP contribution in [0.4, 0.5) is 4.39 Å². The van der Waals surface area contributed by atoms with E-state index in [4.69, 9.17) is 0 Å². The molecule has 0 aliphatic heterocycles. The van der Waals surface area contributed by atoms with E-state index in [1.165, 1.54) is 12.1 Å². The minimum atomic E-state index is -0.536. The summed E-state index contributed by atoms with van der Waals surface area (Å²) in [5.74, 6) is -0.278. The third-order valence-electron chi connectivity index (χ3n) is 2.23. The quantitative estimate of drug-likeness (QED) is 0.762. The molecule has 1 rings (SSSR count). The van der Waals surface area contributed by atoms with E-state index in [1.807, 2.05) is 13.8 Å². The van der Waals surface area contributed by atoms with Gasteiger partial charge in [-0.05, 0) is 36.1 Å². The van der Waals surface area contributed by atoms with Crippen molar-refractivity contribution in [1.82, 2.24) is 0 Å². The van der Waals surface area contributed by atoms with Crippen molar-refractivity contribution in [2.24, 2.45) is 0 Å². The molecule has 1 unspecified atom stereocenters. The van der Waals surface area contributed by atoms with Gasteiger partial charge in [0.15, 0.2) is 0 Å². The zero-order valence-corrected chi connectivity index (χ0v) is 8.05. The molecule has 0 aliphatic carbocycles. The van der Waals surface area contributed by atoms with Crippen LogP contribution in [-0.4, -0.2) is 5.11 Å². The van der Waals surface area contributed by atoms with Crippen LogP contribution in [0.2, 0.25) is 0 Å². The van der Waals surface area contributed by atoms with E-state index >= 15 is 0 Å². The maximum atomic E-state index is 12.9. The van der Waals surface area contributed by atoms with E-state index in [2.05, 4.69) is 0 Å². The number of hydrogen-bond acceptors (Lipinski definition) is 1. The van der Waals surface area contributed by atoms with Crippen molar-refractivity contribution in [3.05, 3.63) is 35.1 Å². The Morgan fingerprint density at radius 1 is 1.38 bits per heavy atom. The molecule has 0 spiro atoms. The van der Waals surface area contributed by atoms with Gasteiger partial charge >= 0.3 is 0 Å². The van der Waals surface area contributed by atoms with Gasteiger partial charge in [0.05, 0.1) is 6.10 Å². The fourth-order valence-electron chi connectivity index (χ4n) is 1.42. The summed E-state index contributed by atoms with van der Waals surface area (Å²) >= 11 is 0. The number of halogens is 1. The second-order valence-corrected chi connectivity index (χ2v) is 3.12. The lowest BCUT2D eigenvalue weighted by molar-refractivity contribution is 0.172. The molecule has 0 aliphatic rings. The largest absolute Gasteiger partial charge is 0.388 e. The van der Waals surface area contributed by atoms with Gasteiger partial charge < -0.3 is 5.11 Å². The lowest BCUT2D eigenvalue weighted by atomic mass is 9.99. The van der Waals surface area contributed by atoms with E-state index in [1.54, 1.807) is 6.07 Å². The van der Waals surface area contributed by atoms with Gasteiger partial charge in [-0.15, -0.1) is 0 Å². The monoisotopic (exact) mass is 182 g/mol. The van der Waals surface area contributed by atoms with Gasteiger partial charge in [0.2, 0.25) is 0 Å². The molecule has 13 heavy (non-hydrogen) atoms. The molecule has 1 aromatic rings. The SMILES string of the molecule is CCc1ccc(F)cc1C(O)CC. The first-order valence-corrected chi connectivity index (χ1v) is 4.65. The maximum Gasteiger partial charge on any atom is 0.123 e. The first-order valence-electron chi connectivity index (χ1n) is 4.65. The van der Waals surface area contributed by atoms with Crippen molar-refractivity contribution in [3.63, 3.8) is 0 Å². The number of rotatable bonds is 3. The van der Waals surface area contributed by atoms with E-state index in [9.17, 15) is 9.50 Å².